The Kier molecular flexibility index (Phi) is 4.48. The maximum atomic E-state index is 5.98. The fraction of sp³-hybridized carbons (Fsp3) is 0.600. The zero-order chi connectivity index (χ0) is 13.0. The van der Waals surface area contributed by atoms with Gasteiger partial charge in [-0.05, 0) is 43.9 Å². The Morgan fingerprint density at radius 2 is 2.28 bits per heavy atom. The van der Waals surface area contributed by atoms with Crippen LogP contribution in [0.25, 0.3) is 0 Å². The third kappa shape index (κ3) is 3.16. The van der Waals surface area contributed by atoms with Crippen LogP contribution in [0.1, 0.15) is 31.7 Å². The number of nitrogen functional groups attached to an aromatic ring is 1. The summed E-state index contributed by atoms with van der Waals surface area (Å²) in [6.07, 6.45) is 3.84. The lowest BCUT2D eigenvalue weighted by Crippen LogP contribution is -2.39. The van der Waals surface area contributed by atoms with Gasteiger partial charge in [0.05, 0.1) is 6.10 Å². The van der Waals surface area contributed by atoms with E-state index in [9.17, 15) is 0 Å². The number of anilines is 2. The topological polar surface area (TPSA) is 38.5 Å². The first-order valence-electron chi connectivity index (χ1n) is 6.93. The molecule has 1 saturated heterocycles. The molecule has 1 heterocycles. The first-order chi connectivity index (χ1) is 8.70. The summed E-state index contributed by atoms with van der Waals surface area (Å²) < 4.78 is 5.86. The van der Waals surface area contributed by atoms with Crippen LogP contribution >= 0.6 is 0 Å². The molecule has 1 aliphatic heterocycles. The molecule has 0 saturated carbocycles. The highest BCUT2D eigenvalue weighted by molar-refractivity contribution is 5.59. The van der Waals surface area contributed by atoms with Crippen molar-refractivity contribution in [3.8, 4) is 0 Å². The van der Waals surface area contributed by atoms with E-state index in [2.05, 4.69) is 30.0 Å². The molecular weight excluding hydrogens is 224 g/mol. The van der Waals surface area contributed by atoms with Crippen LogP contribution in [0.3, 0.4) is 0 Å². The molecular formula is C15H24N2O. The standard InChI is InChI=1S/C15H24N2O/c1-3-9-18-14-5-4-8-17(11-14)13-7-6-12(2)15(16)10-13/h6-7,10,14H,3-5,8-9,11,16H2,1-2H3. The molecule has 0 radical (unpaired) electrons. The van der Waals surface area contributed by atoms with Gasteiger partial charge in [0, 0.05) is 31.1 Å². The maximum Gasteiger partial charge on any atom is 0.0750 e. The van der Waals surface area contributed by atoms with Crippen molar-refractivity contribution in [3.63, 3.8) is 0 Å². The summed E-state index contributed by atoms with van der Waals surface area (Å²) in [5.41, 5.74) is 9.24. The van der Waals surface area contributed by atoms with Crippen LogP contribution in [-0.4, -0.2) is 25.8 Å². The Morgan fingerprint density at radius 3 is 3.00 bits per heavy atom. The monoisotopic (exact) mass is 248 g/mol. The molecule has 3 heteroatoms. The van der Waals surface area contributed by atoms with Crippen LogP contribution in [0.5, 0.6) is 0 Å². The average molecular weight is 248 g/mol. The molecule has 3 nitrogen and oxygen atoms in total. The van der Waals surface area contributed by atoms with Crippen LogP contribution < -0.4 is 10.6 Å². The Bertz CT molecular complexity index is 392. The van der Waals surface area contributed by atoms with Crippen LogP contribution in [0.4, 0.5) is 11.4 Å². The van der Waals surface area contributed by atoms with Gasteiger partial charge < -0.3 is 15.4 Å². The van der Waals surface area contributed by atoms with Crippen molar-refractivity contribution in [2.45, 2.75) is 39.2 Å². The number of aryl methyl sites for hydroxylation is 1. The van der Waals surface area contributed by atoms with Crippen LogP contribution in [0, 0.1) is 6.92 Å². The maximum absolute atomic E-state index is 5.98. The summed E-state index contributed by atoms with van der Waals surface area (Å²) in [5.74, 6) is 0. The van der Waals surface area contributed by atoms with Gasteiger partial charge in [-0.15, -0.1) is 0 Å². The number of ether oxygens (including phenoxy) is 1. The normalized spacial score (nSPS) is 20.1. The number of rotatable bonds is 4. The molecule has 0 aromatic heterocycles. The van der Waals surface area contributed by atoms with Crippen LogP contribution in [0.2, 0.25) is 0 Å². The first-order valence-corrected chi connectivity index (χ1v) is 6.93. The molecule has 1 aromatic rings. The van der Waals surface area contributed by atoms with E-state index in [1.54, 1.807) is 0 Å². The largest absolute Gasteiger partial charge is 0.398 e. The Morgan fingerprint density at radius 1 is 1.44 bits per heavy atom. The summed E-state index contributed by atoms with van der Waals surface area (Å²) in [6.45, 7) is 7.16. The van der Waals surface area contributed by atoms with Crippen molar-refractivity contribution in [1.29, 1.82) is 0 Å². The minimum atomic E-state index is 0.376. The Hall–Kier alpha value is -1.22. The molecule has 0 amide bonds. The molecule has 1 aliphatic rings. The van der Waals surface area contributed by atoms with Crippen LogP contribution in [0.15, 0.2) is 18.2 Å². The highest BCUT2D eigenvalue weighted by Crippen LogP contribution is 2.25. The predicted octanol–water partition coefficient (Wildman–Crippen LogP) is 2.97. The van der Waals surface area contributed by atoms with Crippen molar-refractivity contribution in [3.05, 3.63) is 23.8 Å². The zero-order valence-corrected chi connectivity index (χ0v) is 11.5. The van der Waals surface area contributed by atoms with E-state index in [1.807, 2.05) is 6.92 Å². The summed E-state index contributed by atoms with van der Waals surface area (Å²) in [7, 11) is 0. The Balaban J connectivity index is 2.01. The Labute approximate surface area is 110 Å². The lowest BCUT2D eigenvalue weighted by atomic mass is 10.1. The van der Waals surface area contributed by atoms with Gasteiger partial charge >= 0.3 is 0 Å². The van der Waals surface area contributed by atoms with E-state index in [1.165, 1.54) is 18.5 Å². The van der Waals surface area contributed by atoms with E-state index in [0.29, 0.717) is 6.10 Å². The molecule has 0 bridgehead atoms. The molecule has 2 N–H and O–H groups in total. The highest BCUT2D eigenvalue weighted by atomic mass is 16.5. The smallest absolute Gasteiger partial charge is 0.0750 e. The molecule has 1 fully saturated rings. The summed E-state index contributed by atoms with van der Waals surface area (Å²) >= 11 is 0. The SMILES string of the molecule is CCCOC1CCCN(c2ccc(C)c(N)c2)C1. The fourth-order valence-electron chi connectivity index (χ4n) is 2.42. The van der Waals surface area contributed by atoms with Crippen molar-refractivity contribution < 1.29 is 4.74 Å². The average Bonchev–Trinajstić information content (AvgIpc) is 2.40. The lowest BCUT2D eigenvalue weighted by Gasteiger charge is -2.34. The van der Waals surface area contributed by atoms with Gasteiger partial charge in [0.2, 0.25) is 0 Å². The second-order valence-corrected chi connectivity index (χ2v) is 5.12. The second-order valence-electron chi connectivity index (χ2n) is 5.12. The summed E-state index contributed by atoms with van der Waals surface area (Å²) in [6, 6.07) is 6.34. The van der Waals surface area contributed by atoms with Crippen molar-refractivity contribution in [2.24, 2.45) is 0 Å². The molecule has 2 rings (SSSR count). The highest BCUT2D eigenvalue weighted by Gasteiger charge is 2.20. The van der Waals surface area contributed by atoms with E-state index < -0.39 is 0 Å². The second kappa shape index (κ2) is 6.10. The van der Waals surface area contributed by atoms with Gasteiger partial charge in [0.15, 0.2) is 0 Å². The van der Waals surface area contributed by atoms with Crippen LogP contribution in [-0.2, 0) is 4.74 Å². The number of hydrogen-bond donors (Lipinski definition) is 1. The molecule has 18 heavy (non-hydrogen) atoms. The predicted molar refractivity (Wildman–Crippen MR) is 77.1 cm³/mol. The number of nitrogens with two attached hydrogens (primary N) is 1. The third-order valence-electron chi connectivity index (χ3n) is 3.56. The van der Waals surface area contributed by atoms with E-state index in [4.69, 9.17) is 10.5 Å². The first kappa shape index (κ1) is 13.2. The number of hydrogen-bond acceptors (Lipinski definition) is 3. The number of nitrogens with zero attached hydrogens (tertiary/aromatic N) is 1. The molecule has 1 aromatic carbocycles. The van der Waals surface area contributed by atoms with Crippen molar-refractivity contribution in [1.82, 2.24) is 0 Å². The number of benzene rings is 1. The summed E-state index contributed by atoms with van der Waals surface area (Å²) in [4.78, 5) is 2.39. The van der Waals surface area contributed by atoms with Gasteiger partial charge in [-0.1, -0.05) is 13.0 Å². The molecule has 1 atom stereocenters. The van der Waals surface area contributed by atoms with Gasteiger partial charge in [0.25, 0.3) is 0 Å². The van der Waals surface area contributed by atoms with E-state index in [-0.39, 0.29) is 0 Å². The van der Waals surface area contributed by atoms with Gasteiger partial charge in [-0.2, -0.15) is 0 Å². The van der Waals surface area contributed by atoms with Gasteiger partial charge in [-0.3, -0.25) is 0 Å². The van der Waals surface area contributed by atoms with Gasteiger partial charge in [-0.25, -0.2) is 0 Å². The van der Waals surface area contributed by atoms with E-state index in [0.717, 1.165) is 37.4 Å². The van der Waals surface area contributed by atoms with E-state index >= 15 is 0 Å². The lowest BCUT2D eigenvalue weighted by molar-refractivity contribution is 0.0440. The zero-order valence-electron chi connectivity index (χ0n) is 11.5. The third-order valence-corrected chi connectivity index (χ3v) is 3.56. The number of piperidine rings is 1. The molecule has 0 spiro atoms. The fourth-order valence-corrected chi connectivity index (χ4v) is 2.42. The summed E-state index contributed by atoms with van der Waals surface area (Å²) in [5, 5.41) is 0. The van der Waals surface area contributed by atoms with Crippen molar-refractivity contribution in [2.75, 3.05) is 30.3 Å². The van der Waals surface area contributed by atoms with Gasteiger partial charge in [0.1, 0.15) is 0 Å². The minimum Gasteiger partial charge on any atom is -0.398 e. The molecule has 100 valence electrons. The van der Waals surface area contributed by atoms with Crippen molar-refractivity contribution >= 4 is 11.4 Å². The quantitative estimate of drug-likeness (QED) is 0.833. The minimum absolute atomic E-state index is 0.376. The molecule has 0 aliphatic carbocycles. The molecule has 1 unspecified atom stereocenters.